The molecule has 5 nitrogen and oxygen atoms in total. The number of rotatable bonds is 5. The van der Waals surface area contributed by atoms with Gasteiger partial charge in [0.15, 0.2) is 0 Å². The van der Waals surface area contributed by atoms with E-state index in [0.717, 1.165) is 44.6 Å². The number of ether oxygens (including phenoxy) is 1. The van der Waals surface area contributed by atoms with Gasteiger partial charge in [-0.2, -0.15) is 0 Å². The average Bonchev–Trinajstić information content (AvgIpc) is 3.01. The molecule has 2 heterocycles. The van der Waals surface area contributed by atoms with E-state index in [2.05, 4.69) is 23.6 Å². The van der Waals surface area contributed by atoms with E-state index < -0.39 is 0 Å². The second-order valence-electron chi connectivity index (χ2n) is 7.49. The standard InChI is InChI=1S/C20H30N2O3/c1-15-12-21(13-16(2)25-15)14-18-7-5-11-22(18)20(24)10-9-17-6-3-4-8-19(17)23/h3-4,6,8,15-16,18,23H,5,7,9-14H2,1-2H3/t15-,16+,18-/m0/s1. The average molecular weight is 346 g/mol. The van der Waals surface area contributed by atoms with E-state index in [-0.39, 0.29) is 23.9 Å². The number of carbonyl (C=O) groups excluding carboxylic acids is 1. The van der Waals surface area contributed by atoms with Crippen molar-refractivity contribution >= 4 is 5.91 Å². The molecule has 2 fully saturated rings. The third-order valence-electron chi connectivity index (χ3n) is 5.26. The highest BCUT2D eigenvalue weighted by molar-refractivity contribution is 5.77. The molecule has 1 aromatic carbocycles. The van der Waals surface area contributed by atoms with E-state index in [1.807, 2.05) is 18.2 Å². The highest BCUT2D eigenvalue weighted by Gasteiger charge is 2.32. The van der Waals surface area contributed by atoms with Crippen LogP contribution in [0.25, 0.3) is 0 Å². The van der Waals surface area contributed by atoms with Gasteiger partial charge in [-0.1, -0.05) is 18.2 Å². The van der Waals surface area contributed by atoms with Crippen LogP contribution in [-0.4, -0.2) is 65.2 Å². The highest BCUT2D eigenvalue weighted by atomic mass is 16.5. The molecule has 3 rings (SSSR count). The third-order valence-corrected chi connectivity index (χ3v) is 5.26. The second kappa shape index (κ2) is 8.19. The first-order valence-electron chi connectivity index (χ1n) is 9.47. The Hall–Kier alpha value is -1.59. The first-order valence-corrected chi connectivity index (χ1v) is 9.47. The number of likely N-dealkylation sites (tertiary alicyclic amines) is 1. The fourth-order valence-electron chi connectivity index (χ4n) is 4.19. The van der Waals surface area contributed by atoms with E-state index in [9.17, 15) is 9.90 Å². The second-order valence-corrected chi connectivity index (χ2v) is 7.49. The SMILES string of the molecule is C[C@@H]1CN(C[C@@H]2CCCN2C(=O)CCc2ccccc2O)C[C@H](C)O1. The Kier molecular flexibility index (Phi) is 5.97. The van der Waals surface area contributed by atoms with Crippen molar-refractivity contribution in [3.05, 3.63) is 29.8 Å². The summed E-state index contributed by atoms with van der Waals surface area (Å²) in [5.41, 5.74) is 0.849. The summed E-state index contributed by atoms with van der Waals surface area (Å²) in [4.78, 5) is 17.2. The van der Waals surface area contributed by atoms with Crippen molar-refractivity contribution in [1.82, 2.24) is 9.80 Å². The van der Waals surface area contributed by atoms with Gasteiger partial charge in [-0.25, -0.2) is 0 Å². The van der Waals surface area contributed by atoms with E-state index in [1.165, 1.54) is 0 Å². The van der Waals surface area contributed by atoms with Gasteiger partial charge in [0.05, 0.1) is 12.2 Å². The molecular formula is C20H30N2O3. The number of hydrogen-bond donors (Lipinski definition) is 1. The summed E-state index contributed by atoms with van der Waals surface area (Å²) in [5, 5.41) is 9.86. The largest absolute Gasteiger partial charge is 0.508 e. The van der Waals surface area contributed by atoms with Crippen LogP contribution in [0.1, 0.15) is 38.7 Å². The molecular weight excluding hydrogens is 316 g/mol. The van der Waals surface area contributed by atoms with Gasteiger partial charge in [0, 0.05) is 38.6 Å². The number of phenols is 1. The number of aryl methyl sites for hydroxylation is 1. The number of carbonyl (C=O) groups is 1. The molecule has 0 saturated carbocycles. The molecule has 0 aromatic heterocycles. The molecule has 1 amide bonds. The van der Waals surface area contributed by atoms with Gasteiger partial charge in [-0.15, -0.1) is 0 Å². The van der Waals surface area contributed by atoms with Gasteiger partial charge in [0.2, 0.25) is 5.91 Å². The van der Waals surface area contributed by atoms with Crippen LogP contribution in [-0.2, 0) is 16.0 Å². The molecule has 1 aromatic rings. The van der Waals surface area contributed by atoms with E-state index in [1.54, 1.807) is 6.07 Å². The zero-order chi connectivity index (χ0) is 17.8. The van der Waals surface area contributed by atoms with Gasteiger partial charge in [-0.05, 0) is 44.7 Å². The zero-order valence-corrected chi connectivity index (χ0v) is 15.4. The lowest BCUT2D eigenvalue weighted by Gasteiger charge is -2.38. The summed E-state index contributed by atoms with van der Waals surface area (Å²) >= 11 is 0. The van der Waals surface area contributed by atoms with E-state index >= 15 is 0 Å². The first-order chi connectivity index (χ1) is 12.0. The summed E-state index contributed by atoms with van der Waals surface area (Å²) < 4.78 is 5.81. The smallest absolute Gasteiger partial charge is 0.223 e. The normalized spacial score (nSPS) is 27.6. The van der Waals surface area contributed by atoms with Crippen LogP contribution in [0.4, 0.5) is 0 Å². The first kappa shape index (κ1) is 18.2. The number of para-hydroxylation sites is 1. The molecule has 2 aliphatic heterocycles. The molecule has 1 N–H and O–H groups in total. The summed E-state index contributed by atoms with van der Waals surface area (Å²) in [6, 6.07) is 7.59. The van der Waals surface area contributed by atoms with Crippen molar-refractivity contribution in [2.45, 2.75) is 57.8 Å². The van der Waals surface area contributed by atoms with Crippen LogP contribution < -0.4 is 0 Å². The molecule has 0 radical (unpaired) electrons. The monoisotopic (exact) mass is 346 g/mol. The molecule has 0 spiro atoms. The Labute approximate surface area is 150 Å². The summed E-state index contributed by atoms with van der Waals surface area (Å²) in [6.07, 6.45) is 3.75. The Morgan fingerprint density at radius 2 is 1.96 bits per heavy atom. The lowest BCUT2D eigenvalue weighted by atomic mass is 10.1. The van der Waals surface area contributed by atoms with Crippen LogP contribution in [0.2, 0.25) is 0 Å². The Bertz CT molecular complexity index is 582. The minimum atomic E-state index is 0.208. The van der Waals surface area contributed by atoms with E-state index in [0.29, 0.717) is 18.9 Å². The van der Waals surface area contributed by atoms with E-state index in [4.69, 9.17) is 4.74 Å². The van der Waals surface area contributed by atoms with Gasteiger partial charge >= 0.3 is 0 Å². The minimum Gasteiger partial charge on any atom is -0.508 e. The quantitative estimate of drug-likeness (QED) is 0.890. The predicted molar refractivity (Wildman–Crippen MR) is 97.6 cm³/mol. The number of phenolic OH excluding ortho intramolecular Hbond substituents is 1. The molecule has 2 aliphatic rings. The Morgan fingerprint density at radius 3 is 2.68 bits per heavy atom. The van der Waals surface area contributed by atoms with Crippen LogP contribution in [0.15, 0.2) is 24.3 Å². The summed E-state index contributed by atoms with van der Waals surface area (Å²) in [7, 11) is 0. The fraction of sp³-hybridized carbons (Fsp3) is 0.650. The van der Waals surface area contributed by atoms with Crippen LogP contribution in [0.5, 0.6) is 5.75 Å². The number of morpholine rings is 1. The number of benzene rings is 1. The number of amides is 1. The highest BCUT2D eigenvalue weighted by Crippen LogP contribution is 2.23. The zero-order valence-electron chi connectivity index (χ0n) is 15.4. The van der Waals surface area contributed by atoms with Crippen LogP contribution in [0.3, 0.4) is 0 Å². The van der Waals surface area contributed by atoms with Gasteiger partial charge < -0.3 is 14.7 Å². The lowest BCUT2D eigenvalue weighted by molar-refractivity contribution is -0.133. The van der Waals surface area contributed by atoms with Crippen molar-refractivity contribution in [3.63, 3.8) is 0 Å². The fourth-order valence-corrected chi connectivity index (χ4v) is 4.19. The Balaban J connectivity index is 1.54. The van der Waals surface area contributed by atoms with Gasteiger partial charge in [0.25, 0.3) is 0 Å². The van der Waals surface area contributed by atoms with Crippen molar-refractivity contribution in [2.75, 3.05) is 26.2 Å². The molecule has 0 bridgehead atoms. The van der Waals surface area contributed by atoms with Crippen molar-refractivity contribution in [1.29, 1.82) is 0 Å². The lowest BCUT2D eigenvalue weighted by Crippen LogP contribution is -2.50. The predicted octanol–water partition coefficient (Wildman–Crippen LogP) is 2.42. The van der Waals surface area contributed by atoms with Crippen molar-refractivity contribution < 1.29 is 14.6 Å². The topological polar surface area (TPSA) is 53.0 Å². The maximum absolute atomic E-state index is 12.7. The molecule has 25 heavy (non-hydrogen) atoms. The number of nitrogens with zero attached hydrogens (tertiary/aromatic N) is 2. The Morgan fingerprint density at radius 1 is 1.24 bits per heavy atom. The van der Waals surface area contributed by atoms with Crippen LogP contribution in [0, 0.1) is 0 Å². The molecule has 0 unspecified atom stereocenters. The maximum Gasteiger partial charge on any atom is 0.223 e. The van der Waals surface area contributed by atoms with Crippen molar-refractivity contribution in [2.24, 2.45) is 0 Å². The molecule has 3 atom stereocenters. The summed E-state index contributed by atoms with van der Waals surface area (Å²) in [5.74, 6) is 0.490. The minimum absolute atomic E-state index is 0.208. The molecule has 5 heteroatoms. The van der Waals surface area contributed by atoms with Gasteiger partial charge in [0.1, 0.15) is 5.75 Å². The molecule has 0 aliphatic carbocycles. The van der Waals surface area contributed by atoms with Crippen molar-refractivity contribution in [3.8, 4) is 5.75 Å². The van der Waals surface area contributed by atoms with Gasteiger partial charge in [-0.3, -0.25) is 9.69 Å². The maximum atomic E-state index is 12.7. The molecule has 2 saturated heterocycles. The number of aromatic hydroxyl groups is 1. The summed E-state index contributed by atoms with van der Waals surface area (Å²) in [6.45, 7) is 7.93. The molecule has 138 valence electrons. The van der Waals surface area contributed by atoms with Crippen LogP contribution >= 0.6 is 0 Å². The number of hydrogen-bond acceptors (Lipinski definition) is 4. The third kappa shape index (κ3) is 4.73.